The predicted molar refractivity (Wildman–Crippen MR) is 185 cm³/mol. The number of nitrogens with zero attached hydrogens (tertiary/aromatic N) is 3. The number of hydrogen-bond donors (Lipinski definition) is 0. The Morgan fingerprint density at radius 2 is 0.822 bits per heavy atom. The molecule has 1 aromatic heterocycles. The topological polar surface area (TPSA) is 55.7 Å². The van der Waals surface area contributed by atoms with Gasteiger partial charge >= 0.3 is 0 Å². The highest BCUT2D eigenvalue weighted by Gasteiger charge is 2.36. The Bertz CT molecular complexity index is 2210. The summed E-state index contributed by atoms with van der Waals surface area (Å²) in [6, 6.07) is 51.2. The fourth-order valence-corrected chi connectivity index (χ4v) is 8.87. The van der Waals surface area contributed by atoms with Gasteiger partial charge in [-0.05, 0) is 52.2 Å². The van der Waals surface area contributed by atoms with Crippen molar-refractivity contribution in [1.29, 1.82) is 0 Å². The van der Waals surface area contributed by atoms with Gasteiger partial charge in [0.1, 0.15) is 7.14 Å². The molecule has 2 heterocycles. The van der Waals surface area contributed by atoms with Crippen LogP contribution < -0.4 is 10.6 Å². The first kappa shape index (κ1) is 27.1. The molecule has 5 heteroatoms. The largest absolute Gasteiger partial charge is 0.314 e. The van der Waals surface area contributed by atoms with Gasteiger partial charge < -0.3 is 4.57 Å². The van der Waals surface area contributed by atoms with Crippen LogP contribution in [0.3, 0.4) is 0 Å². The van der Waals surface area contributed by atoms with Crippen LogP contribution in [0, 0.1) is 0 Å². The lowest BCUT2D eigenvalue weighted by molar-refractivity contribution is 0.591. The van der Waals surface area contributed by atoms with E-state index < -0.39 is 7.14 Å². The number of benzene rings is 6. The van der Waals surface area contributed by atoms with Crippen molar-refractivity contribution in [2.24, 2.45) is 0 Å². The van der Waals surface area contributed by atoms with E-state index in [2.05, 4.69) is 60.7 Å². The van der Waals surface area contributed by atoms with Crippen LogP contribution in [-0.4, -0.2) is 21.6 Å². The molecule has 0 saturated heterocycles. The Labute approximate surface area is 262 Å². The molecule has 0 saturated carbocycles. The summed E-state index contributed by atoms with van der Waals surface area (Å²) < 4.78 is 14.3. The van der Waals surface area contributed by atoms with E-state index in [0.717, 1.165) is 60.7 Å². The molecule has 1 unspecified atom stereocenters. The van der Waals surface area contributed by atoms with E-state index in [0.29, 0.717) is 17.5 Å². The van der Waals surface area contributed by atoms with E-state index in [1.54, 1.807) is 0 Å². The first-order valence-electron chi connectivity index (χ1n) is 15.0. The molecule has 0 amide bonds. The van der Waals surface area contributed by atoms with E-state index in [1.807, 2.05) is 97.7 Å². The van der Waals surface area contributed by atoms with Crippen molar-refractivity contribution in [3.05, 3.63) is 152 Å². The van der Waals surface area contributed by atoms with Crippen molar-refractivity contribution >= 4 is 17.8 Å². The molecule has 8 rings (SSSR count). The van der Waals surface area contributed by atoms with E-state index in [9.17, 15) is 4.57 Å². The maximum Gasteiger partial charge on any atom is 0.164 e. The van der Waals surface area contributed by atoms with Crippen molar-refractivity contribution in [2.45, 2.75) is 0 Å². The molecule has 0 fully saturated rings. The van der Waals surface area contributed by atoms with Crippen molar-refractivity contribution in [3.63, 3.8) is 0 Å². The molecule has 1 aliphatic rings. The van der Waals surface area contributed by atoms with Crippen molar-refractivity contribution in [1.82, 2.24) is 15.0 Å². The Balaban J connectivity index is 1.22. The monoisotopic (exact) mass is 597 g/mol. The normalized spacial score (nSPS) is 15.0. The fourth-order valence-electron chi connectivity index (χ4n) is 6.29. The van der Waals surface area contributed by atoms with Crippen molar-refractivity contribution in [2.75, 3.05) is 6.66 Å². The summed E-state index contributed by atoms with van der Waals surface area (Å²) in [5, 5.41) is 1.89. The molecule has 0 N–H and O–H groups in total. The first-order valence-corrected chi connectivity index (χ1v) is 17.1. The molecule has 0 bridgehead atoms. The average Bonchev–Trinajstić information content (AvgIpc) is 3.35. The summed E-state index contributed by atoms with van der Waals surface area (Å²) in [6.45, 7) is 1.90. The highest BCUT2D eigenvalue weighted by atomic mass is 31.2. The minimum absolute atomic E-state index is 0.617. The van der Waals surface area contributed by atoms with Crippen LogP contribution >= 0.6 is 7.14 Å². The molecule has 4 nitrogen and oxygen atoms in total. The average molecular weight is 598 g/mol. The maximum atomic E-state index is 14.3. The molecule has 1 aliphatic heterocycles. The highest BCUT2D eigenvalue weighted by molar-refractivity contribution is 7.79. The van der Waals surface area contributed by atoms with E-state index in [-0.39, 0.29) is 0 Å². The molecule has 214 valence electrons. The zero-order chi connectivity index (χ0) is 30.4. The lowest BCUT2D eigenvalue weighted by Gasteiger charge is -2.15. The zero-order valence-electron chi connectivity index (χ0n) is 24.6. The van der Waals surface area contributed by atoms with Crippen LogP contribution in [0.2, 0.25) is 0 Å². The van der Waals surface area contributed by atoms with Gasteiger partial charge in [-0.15, -0.1) is 0 Å². The van der Waals surface area contributed by atoms with E-state index in [1.165, 1.54) is 0 Å². The van der Waals surface area contributed by atoms with Crippen molar-refractivity contribution < 1.29 is 4.57 Å². The maximum absolute atomic E-state index is 14.3. The van der Waals surface area contributed by atoms with Crippen LogP contribution in [0.4, 0.5) is 0 Å². The SMILES string of the molecule is CP1(=O)c2ccccc2-c2cccc(-c3cccc(-c4cccc(-c5nc(-c6ccccc6)nc(-c6ccccc6)n5)c4)c3)c21. The summed E-state index contributed by atoms with van der Waals surface area (Å²) in [4.78, 5) is 14.7. The summed E-state index contributed by atoms with van der Waals surface area (Å²) in [5.74, 6) is 1.89. The van der Waals surface area contributed by atoms with Gasteiger partial charge in [-0.25, -0.2) is 15.0 Å². The van der Waals surface area contributed by atoms with Gasteiger partial charge in [0.2, 0.25) is 0 Å². The van der Waals surface area contributed by atoms with Gasteiger partial charge in [0, 0.05) is 27.3 Å². The van der Waals surface area contributed by atoms with Gasteiger partial charge in [0.25, 0.3) is 0 Å². The fraction of sp³-hybridized carbons (Fsp3) is 0.0250. The number of aromatic nitrogens is 3. The third-order valence-electron chi connectivity index (χ3n) is 8.44. The van der Waals surface area contributed by atoms with E-state index >= 15 is 0 Å². The lowest BCUT2D eigenvalue weighted by atomic mass is 9.95. The van der Waals surface area contributed by atoms with Gasteiger partial charge in [-0.3, -0.25) is 0 Å². The standard InChI is InChI=1S/C40H28N3OP/c1-45(44)36-24-9-8-21-34(36)35-23-12-22-33(37(35)45)31-19-10-17-29(25-31)30-18-11-20-32(26-30)40-42-38(27-13-4-2-5-14-27)41-39(43-40)28-15-6-3-7-16-28/h2-26H,1H3. The molecular formula is C40H28N3OP. The van der Waals surface area contributed by atoms with Gasteiger partial charge in [-0.1, -0.05) is 140 Å². The molecule has 45 heavy (non-hydrogen) atoms. The number of fused-ring (bicyclic) bond motifs is 3. The van der Waals surface area contributed by atoms with Crippen molar-refractivity contribution in [3.8, 4) is 67.5 Å². The Morgan fingerprint density at radius 3 is 1.47 bits per heavy atom. The number of hydrogen-bond acceptors (Lipinski definition) is 4. The molecule has 0 radical (unpaired) electrons. The van der Waals surface area contributed by atoms with Gasteiger partial charge in [0.15, 0.2) is 17.5 Å². The van der Waals surface area contributed by atoms with Crippen LogP contribution in [0.5, 0.6) is 0 Å². The van der Waals surface area contributed by atoms with Gasteiger partial charge in [-0.2, -0.15) is 0 Å². The minimum Gasteiger partial charge on any atom is -0.314 e. The second-order valence-electron chi connectivity index (χ2n) is 11.3. The number of rotatable bonds is 5. The summed E-state index contributed by atoms with van der Waals surface area (Å²) >= 11 is 0. The molecule has 0 aliphatic carbocycles. The molecule has 0 spiro atoms. The van der Waals surface area contributed by atoms with Crippen LogP contribution in [0.1, 0.15) is 0 Å². The zero-order valence-corrected chi connectivity index (χ0v) is 25.5. The lowest BCUT2D eigenvalue weighted by Crippen LogP contribution is -2.11. The molecule has 1 atom stereocenters. The minimum atomic E-state index is -2.74. The molecule has 6 aromatic carbocycles. The van der Waals surface area contributed by atoms with Crippen LogP contribution in [0.25, 0.3) is 67.5 Å². The Kier molecular flexibility index (Phi) is 6.59. The summed E-state index contributed by atoms with van der Waals surface area (Å²) in [5.41, 5.74) is 9.10. The smallest absolute Gasteiger partial charge is 0.164 e. The van der Waals surface area contributed by atoms with Crippen LogP contribution in [0.15, 0.2) is 152 Å². The second-order valence-corrected chi connectivity index (χ2v) is 14.1. The summed E-state index contributed by atoms with van der Waals surface area (Å²) in [7, 11) is -2.74. The predicted octanol–water partition coefficient (Wildman–Crippen LogP) is 9.13. The third kappa shape index (κ3) is 4.81. The third-order valence-corrected chi connectivity index (χ3v) is 11.1. The quantitative estimate of drug-likeness (QED) is 0.186. The summed E-state index contributed by atoms with van der Waals surface area (Å²) in [6.07, 6.45) is 0. The second kappa shape index (κ2) is 10.9. The van der Waals surface area contributed by atoms with Crippen LogP contribution in [-0.2, 0) is 4.57 Å². The Morgan fingerprint density at radius 1 is 0.400 bits per heavy atom. The van der Waals surface area contributed by atoms with Gasteiger partial charge in [0.05, 0.1) is 0 Å². The molecule has 7 aromatic rings. The molecular weight excluding hydrogens is 569 g/mol. The first-order chi connectivity index (χ1) is 22.1. The van der Waals surface area contributed by atoms with E-state index in [4.69, 9.17) is 15.0 Å². The highest BCUT2D eigenvalue weighted by Crippen LogP contribution is 2.52. The Hall–Kier alpha value is -5.44.